The van der Waals surface area contributed by atoms with E-state index in [0.29, 0.717) is 18.6 Å². The summed E-state index contributed by atoms with van der Waals surface area (Å²) in [6.45, 7) is 6.89. The fourth-order valence-corrected chi connectivity index (χ4v) is 4.52. The lowest BCUT2D eigenvalue weighted by Crippen LogP contribution is -2.35. The van der Waals surface area contributed by atoms with Crippen molar-refractivity contribution in [1.82, 2.24) is 0 Å². The van der Waals surface area contributed by atoms with Gasteiger partial charge in [0, 0.05) is 6.04 Å². The van der Waals surface area contributed by atoms with E-state index in [0.717, 1.165) is 29.3 Å². The summed E-state index contributed by atoms with van der Waals surface area (Å²) in [6, 6.07) is 6.74. The van der Waals surface area contributed by atoms with Crippen LogP contribution in [0.25, 0.3) is 0 Å². The number of rotatable bonds is 7. The van der Waals surface area contributed by atoms with E-state index < -0.39 is 0 Å². The Morgan fingerprint density at radius 3 is 2.62 bits per heavy atom. The number of nitrogens with two attached hydrogens (primary N) is 1. The molecule has 144 valence electrons. The maximum atomic E-state index is 11.9. The quantitative estimate of drug-likeness (QED) is 0.534. The van der Waals surface area contributed by atoms with Crippen molar-refractivity contribution < 1.29 is 9.53 Å². The molecule has 2 saturated carbocycles. The molecule has 0 aromatic heterocycles. The lowest BCUT2D eigenvalue weighted by molar-refractivity contribution is -0.144. The summed E-state index contributed by atoms with van der Waals surface area (Å²) >= 11 is 0. The van der Waals surface area contributed by atoms with Gasteiger partial charge in [-0.3, -0.25) is 4.79 Å². The summed E-state index contributed by atoms with van der Waals surface area (Å²) in [4.78, 5) is 11.9. The number of nitrogen functional groups attached to an aromatic ring is 1. The Balaban J connectivity index is 1.66. The zero-order chi connectivity index (χ0) is 18.7. The molecule has 4 heteroatoms. The summed E-state index contributed by atoms with van der Waals surface area (Å²) in [5, 5.41) is 3.74. The average molecular weight is 359 g/mol. The molecule has 1 aromatic carbocycles. The van der Waals surface area contributed by atoms with E-state index in [1.165, 1.54) is 32.1 Å². The van der Waals surface area contributed by atoms with Crippen molar-refractivity contribution in [1.29, 1.82) is 0 Å². The van der Waals surface area contributed by atoms with Crippen molar-refractivity contribution in [3.63, 3.8) is 0 Å². The number of nitrogens with one attached hydrogen (secondary N) is 1. The summed E-state index contributed by atoms with van der Waals surface area (Å²) in [5.74, 6) is 1.52. The summed E-state index contributed by atoms with van der Waals surface area (Å²) in [6.07, 6.45) is 7.58. The highest BCUT2D eigenvalue weighted by molar-refractivity contribution is 5.78. The van der Waals surface area contributed by atoms with E-state index in [2.05, 4.69) is 31.3 Å². The number of carbonyl (C=O) groups is 1. The Kier molecular flexibility index (Phi) is 6.10. The second kappa shape index (κ2) is 8.32. The summed E-state index contributed by atoms with van der Waals surface area (Å²) < 4.78 is 5.14. The van der Waals surface area contributed by atoms with Gasteiger partial charge in [0.15, 0.2) is 0 Å². The zero-order valence-electron chi connectivity index (χ0n) is 16.5. The Morgan fingerprint density at radius 1 is 1.27 bits per heavy atom. The van der Waals surface area contributed by atoms with Gasteiger partial charge in [0.2, 0.25) is 0 Å². The molecule has 3 unspecified atom stereocenters. The lowest BCUT2D eigenvalue weighted by Gasteiger charge is -2.34. The molecule has 0 radical (unpaired) electrons. The van der Waals surface area contributed by atoms with Crippen LogP contribution in [0.1, 0.15) is 70.8 Å². The maximum Gasteiger partial charge on any atom is 0.309 e. The van der Waals surface area contributed by atoms with Crippen molar-refractivity contribution in [3.8, 4) is 0 Å². The van der Waals surface area contributed by atoms with Gasteiger partial charge in [-0.15, -0.1) is 0 Å². The van der Waals surface area contributed by atoms with Crippen molar-refractivity contribution in [2.24, 2.45) is 17.8 Å². The smallest absolute Gasteiger partial charge is 0.309 e. The molecule has 0 amide bonds. The molecule has 26 heavy (non-hydrogen) atoms. The van der Waals surface area contributed by atoms with E-state index in [9.17, 15) is 4.79 Å². The van der Waals surface area contributed by atoms with Crippen LogP contribution >= 0.6 is 0 Å². The van der Waals surface area contributed by atoms with Gasteiger partial charge < -0.3 is 15.8 Å². The molecule has 2 aliphatic rings. The van der Waals surface area contributed by atoms with E-state index in [-0.39, 0.29) is 17.8 Å². The molecule has 0 saturated heterocycles. The molecule has 0 bridgehead atoms. The molecule has 3 rings (SSSR count). The highest BCUT2D eigenvalue weighted by Crippen LogP contribution is 2.49. The minimum absolute atomic E-state index is 0.0128. The molecule has 4 nitrogen and oxygen atoms in total. The van der Waals surface area contributed by atoms with Crippen LogP contribution in [0.3, 0.4) is 0 Å². The third-order valence-electron chi connectivity index (χ3n) is 6.08. The number of ether oxygens (including phenoxy) is 1. The van der Waals surface area contributed by atoms with Crippen molar-refractivity contribution in [2.45, 2.75) is 71.3 Å². The third kappa shape index (κ3) is 4.33. The number of carbonyl (C=O) groups excluding carboxylic acids is 1. The van der Waals surface area contributed by atoms with Gasteiger partial charge in [0.1, 0.15) is 0 Å². The van der Waals surface area contributed by atoms with Crippen LogP contribution in [0.5, 0.6) is 0 Å². The first-order valence-corrected chi connectivity index (χ1v) is 10.3. The highest BCUT2D eigenvalue weighted by Gasteiger charge is 2.45. The van der Waals surface area contributed by atoms with Crippen LogP contribution in [0.4, 0.5) is 11.4 Å². The molecule has 0 spiro atoms. The van der Waals surface area contributed by atoms with Gasteiger partial charge in [0.25, 0.3) is 0 Å². The van der Waals surface area contributed by atoms with Crippen LogP contribution in [0.15, 0.2) is 18.2 Å². The number of benzene rings is 1. The SMILES string of the molecule is CCOC(=O)C1CC1c1ccc(NC(C(C)C)C2CCCCC2)c(N)c1. The summed E-state index contributed by atoms with van der Waals surface area (Å²) in [7, 11) is 0. The Morgan fingerprint density at radius 2 is 2.00 bits per heavy atom. The van der Waals surface area contributed by atoms with E-state index in [1.54, 1.807) is 0 Å². The molecule has 0 heterocycles. The van der Waals surface area contributed by atoms with Crippen LogP contribution in [-0.4, -0.2) is 18.6 Å². The Bertz CT molecular complexity index is 623. The second-order valence-electron chi connectivity index (χ2n) is 8.36. The third-order valence-corrected chi connectivity index (χ3v) is 6.08. The number of anilines is 2. The molecule has 0 aliphatic heterocycles. The average Bonchev–Trinajstić information content (AvgIpc) is 3.42. The van der Waals surface area contributed by atoms with Gasteiger partial charge in [-0.2, -0.15) is 0 Å². The van der Waals surface area contributed by atoms with Gasteiger partial charge in [-0.25, -0.2) is 0 Å². The number of esters is 1. The Labute approximate surface area is 157 Å². The fraction of sp³-hybridized carbons (Fsp3) is 0.682. The predicted octanol–water partition coefficient (Wildman–Crippen LogP) is 4.95. The predicted molar refractivity (Wildman–Crippen MR) is 107 cm³/mol. The summed E-state index contributed by atoms with van der Waals surface area (Å²) in [5.41, 5.74) is 9.35. The van der Waals surface area contributed by atoms with Gasteiger partial charge >= 0.3 is 5.97 Å². The van der Waals surface area contributed by atoms with Crippen molar-refractivity contribution in [2.75, 3.05) is 17.7 Å². The van der Waals surface area contributed by atoms with Crippen LogP contribution in [-0.2, 0) is 9.53 Å². The molecule has 3 atom stereocenters. The minimum Gasteiger partial charge on any atom is -0.466 e. The maximum absolute atomic E-state index is 11.9. The number of hydrogen-bond acceptors (Lipinski definition) is 4. The normalized spacial score (nSPS) is 24.3. The van der Waals surface area contributed by atoms with Gasteiger partial charge in [-0.05, 0) is 61.6 Å². The first kappa shape index (κ1) is 19.1. The van der Waals surface area contributed by atoms with Gasteiger partial charge in [-0.1, -0.05) is 39.2 Å². The molecular weight excluding hydrogens is 324 g/mol. The topological polar surface area (TPSA) is 64.3 Å². The minimum atomic E-state index is -0.0737. The Hall–Kier alpha value is -1.71. The number of hydrogen-bond donors (Lipinski definition) is 2. The van der Waals surface area contributed by atoms with Crippen molar-refractivity contribution >= 4 is 17.3 Å². The van der Waals surface area contributed by atoms with E-state index in [1.807, 2.05) is 13.0 Å². The first-order chi connectivity index (χ1) is 12.5. The molecule has 2 aliphatic carbocycles. The monoisotopic (exact) mass is 358 g/mol. The van der Waals surface area contributed by atoms with E-state index >= 15 is 0 Å². The van der Waals surface area contributed by atoms with Crippen LogP contribution < -0.4 is 11.1 Å². The van der Waals surface area contributed by atoms with Crippen LogP contribution in [0, 0.1) is 17.8 Å². The van der Waals surface area contributed by atoms with Crippen molar-refractivity contribution in [3.05, 3.63) is 23.8 Å². The second-order valence-corrected chi connectivity index (χ2v) is 8.36. The highest BCUT2D eigenvalue weighted by atomic mass is 16.5. The molecule has 3 N–H and O–H groups in total. The molecule has 2 fully saturated rings. The first-order valence-electron chi connectivity index (χ1n) is 10.3. The molecule has 1 aromatic rings. The molecular formula is C22H34N2O2. The zero-order valence-corrected chi connectivity index (χ0v) is 16.5. The lowest BCUT2D eigenvalue weighted by atomic mass is 9.79. The largest absolute Gasteiger partial charge is 0.466 e. The fourth-order valence-electron chi connectivity index (χ4n) is 4.52. The van der Waals surface area contributed by atoms with E-state index in [4.69, 9.17) is 10.5 Å². The van der Waals surface area contributed by atoms with Crippen LogP contribution in [0.2, 0.25) is 0 Å². The van der Waals surface area contributed by atoms with Gasteiger partial charge in [0.05, 0.1) is 23.9 Å². The standard InChI is InChI=1S/C22H34N2O2/c1-4-26-22(25)18-13-17(18)16-10-11-20(19(23)12-16)24-21(14(2)3)15-8-6-5-7-9-15/h10-12,14-15,17-18,21,24H,4-9,13,23H2,1-3H3.